The molecule has 0 aromatic rings. The van der Waals surface area contributed by atoms with Gasteiger partial charge in [-0.1, -0.05) is 24.6 Å². The van der Waals surface area contributed by atoms with Crippen LogP contribution < -0.4 is 0 Å². The van der Waals surface area contributed by atoms with Crippen LogP contribution in [0.5, 0.6) is 0 Å². The van der Waals surface area contributed by atoms with Crippen molar-refractivity contribution in [3.8, 4) is 24.2 Å². The zero-order chi connectivity index (χ0) is 15.2. The van der Waals surface area contributed by atoms with Crippen LogP contribution in [0, 0.1) is 36.0 Å². The van der Waals surface area contributed by atoms with Crippen LogP contribution in [0.4, 0.5) is 0 Å². The minimum Gasteiger partial charge on any atom is -0.120 e. The van der Waals surface area contributed by atoms with Gasteiger partial charge in [-0.15, -0.1) is 30.8 Å². The van der Waals surface area contributed by atoms with E-state index in [-0.39, 0.29) is 0 Å². The van der Waals surface area contributed by atoms with Gasteiger partial charge in [0.05, 0.1) is 0 Å². The number of terminal acetylenes is 1. The van der Waals surface area contributed by atoms with Gasteiger partial charge in [0.1, 0.15) is 0 Å². The fraction of sp³-hybridized carbons (Fsp3) is 0.600. The van der Waals surface area contributed by atoms with E-state index in [9.17, 15) is 0 Å². The molecule has 0 nitrogen and oxygen atoms in total. The van der Waals surface area contributed by atoms with Gasteiger partial charge in [0, 0.05) is 12.3 Å². The second-order valence-electron chi connectivity index (χ2n) is 5.52. The molecule has 0 unspecified atom stereocenters. The fourth-order valence-corrected chi connectivity index (χ4v) is 2.25. The maximum Gasteiger partial charge on any atom is 0.0229 e. The molecule has 0 saturated carbocycles. The standard InChI is InChI=1S/C20H30/c1-6-9-11-13-14-18(4)16-17-20(8-3)19(5)15-12-10-7-2/h3,6,14,19-20H,1,9,11-13,15-17H2,2,4-5H3/t19-,20-/m0/s1. The molecule has 110 valence electrons. The first-order valence-electron chi connectivity index (χ1n) is 7.78. The lowest BCUT2D eigenvalue weighted by Crippen LogP contribution is -2.09. The number of allylic oxidation sites excluding steroid dienone is 3. The summed E-state index contributed by atoms with van der Waals surface area (Å²) in [5, 5.41) is 0. The van der Waals surface area contributed by atoms with Crippen LogP contribution in [0.15, 0.2) is 24.3 Å². The molecule has 0 heteroatoms. The third-order valence-electron chi connectivity index (χ3n) is 3.76. The summed E-state index contributed by atoms with van der Waals surface area (Å²) in [6, 6.07) is 0. The van der Waals surface area contributed by atoms with Gasteiger partial charge < -0.3 is 0 Å². The van der Waals surface area contributed by atoms with Crippen molar-refractivity contribution in [1.29, 1.82) is 0 Å². The van der Waals surface area contributed by atoms with Crippen LogP contribution in [0.1, 0.15) is 65.7 Å². The number of rotatable bonds is 10. The highest BCUT2D eigenvalue weighted by molar-refractivity contribution is 5.03. The molecule has 0 aromatic carbocycles. The van der Waals surface area contributed by atoms with Crippen molar-refractivity contribution in [2.45, 2.75) is 65.7 Å². The van der Waals surface area contributed by atoms with Crippen LogP contribution >= 0.6 is 0 Å². The van der Waals surface area contributed by atoms with Gasteiger partial charge in [0.15, 0.2) is 0 Å². The van der Waals surface area contributed by atoms with Gasteiger partial charge in [-0.25, -0.2) is 0 Å². The highest BCUT2D eigenvalue weighted by Crippen LogP contribution is 2.23. The van der Waals surface area contributed by atoms with Crippen molar-refractivity contribution < 1.29 is 0 Å². The molecule has 0 aromatic heterocycles. The minimum absolute atomic E-state index is 0.380. The van der Waals surface area contributed by atoms with Crippen molar-refractivity contribution in [2.24, 2.45) is 11.8 Å². The van der Waals surface area contributed by atoms with Crippen molar-refractivity contribution >= 4 is 0 Å². The van der Waals surface area contributed by atoms with Gasteiger partial charge in [0.25, 0.3) is 0 Å². The van der Waals surface area contributed by atoms with Gasteiger partial charge in [-0.05, 0) is 58.3 Å². The van der Waals surface area contributed by atoms with E-state index < -0.39 is 0 Å². The molecule has 0 radical (unpaired) electrons. The molecule has 20 heavy (non-hydrogen) atoms. The fourth-order valence-electron chi connectivity index (χ4n) is 2.25. The SMILES string of the molecule is C#C[C@@H](CCC(C)=CCCCC=C)[C@@H](C)CCC#CC. The Morgan fingerprint density at radius 2 is 2.05 bits per heavy atom. The maximum absolute atomic E-state index is 5.69. The number of unbranched alkanes of at least 4 members (excludes halogenated alkanes) is 2. The molecule has 0 spiro atoms. The molecular weight excluding hydrogens is 240 g/mol. The van der Waals surface area contributed by atoms with E-state index in [1.165, 1.54) is 12.0 Å². The summed E-state index contributed by atoms with van der Waals surface area (Å²) in [7, 11) is 0. The zero-order valence-electron chi connectivity index (χ0n) is 13.5. The summed E-state index contributed by atoms with van der Waals surface area (Å²) in [4.78, 5) is 0. The summed E-state index contributed by atoms with van der Waals surface area (Å²) in [6.45, 7) is 10.1. The molecule has 0 heterocycles. The van der Waals surface area contributed by atoms with E-state index in [0.717, 1.165) is 38.5 Å². The Labute approximate surface area is 126 Å². The topological polar surface area (TPSA) is 0 Å². The van der Waals surface area contributed by atoms with E-state index in [2.05, 4.69) is 44.3 Å². The summed E-state index contributed by atoms with van der Waals surface area (Å²) in [5.74, 6) is 9.99. The molecule has 0 amide bonds. The predicted molar refractivity (Wildman–Crippen MR) is 91.2 cm³/mol. The Morgan fingerprint density at radius 3 is 2.65 bits per heavy atom. The van der Waals surface area contributed by atoms with E-state index in [1.807, 2.05) is 13.0 Å². The summed E-state index contributed by atoms with van der Waals surface area (Å²) < 4.78 is 0. The summed E-state index contributed by atoms with van der Waals surface area (Å²) in [6.07, 6.45) is 17.8. The zero-order valence-corrected chi connectivity index (χ0v) is 13.5. The second kappa shape index (κ2) is 12.6. The Hall–Kier alpha value is -1.40. The Kier molecular flexibility index (Phi) is 11.7. The van der Waals surface area contributed by atoms with Crippen LogP contribution in [0.2, 0.25) is 0 Å². The third-order valence-corrected chi connectivity index (χ3v) is 3.76. The lowest BCUT2D eigenvalue weighted by Gasteiger charge is -2.18. The van der Waals surface area contributed by atoms with E-state index in [1.54, 1.807) is 0 Å². The first kappa shape index (κ1) is 18.6. The van der Waals surface area contributed by atoms with E-state index in [4.69, 9.17) is 6.42 Å². The Bertz CT molecular complexity index is 380. The van der Waals surface area contributed by atoms with E-state index >= 15 is 0 Å². The van der Waals surface area contributed by atoms with Crippen molar-refractivity contribution in [3.05, 3.63) is 24.3 Å². The second-order valence-corrected chi connectivity index (χ2v) is 5.52. The molecule has 0 aliphatic rings. The average Bonchev–Trinajstić information content (AvgIpc) is 2.44. The van der Waals surface area contributed by atoms with Crippen molar-refractivity contribution in [2.75, 3.05) is 0 Å². The molecule has 0 aliphatic carbocycles. The molecular formula is C20H30. The Balaban J connectivity index is 4.06. The molecule has 0 N–H and O–H groups in total. The molecule has 0 aliphatic heterocycles. The van der Waals surface area contributed by atoms with Crippen molar-refractivity contribution in [3.63, 3.8) is 0 Å². The smallest absolute Gasteiger partial charge is 0.0229 e. The van der Waals surface area contributed by atoms with Crippen LogP contribution in [-0.4, -0.2) is 0 Å². The maximum atomic E-state index is 5.69. The number of hydrogen-bond acceptors (Lipinski definition) is 0. The Morgan fingerprint density at radius 1 is 1.30 bits per heavy atom. The lowest BCUT2D eigenvalue weighted by atomic mass is 9.86. The van der Waals surface area contributed by atoms with Gasteiger partial charge >= 0.3 is 0 Å². The van der Waals surface area contributed by atoms with Gasteiger partial charge in [-0.2, -0.15) is 0 Å². The van der Waals surface area contributed by atoms with Crippen molar-refractivity contribution in [1.82, 2.24) is 0 Å². The predicted octanol–water partition coefficient (Wildman–Crippen LogP) is 5.76. The van der Waals surface area contributed by atoms with Crippen LogP contribution in [0.3, 0.4) is 0 Å². The van der Waals surface area contributed by atoms with Gasteiger partial charge in [0.2, 0.25) is 0 Å². The van der Waals surface area contributed by atoms with Crippen LogP contribution in [0.25, 0.3) is 0 Å². The molecule has 0 bridgehead atoms. The first-order chi connectivity index (χ1) is 9.65. The van der Waals surface area contributed by atoms with Gasteiger partial charge in [-0.3, -0.25) is 0 Å². The first-order valence-corrected chi connectivity index (χ1v) is 7.78. The molecule has 0 fully saturated rings. The monoisotopic (exact) mass is 270 g/mol. The molecule has 2 atom stereocenters. The lowest BCUT2D eigenvalue weighted by molar-refractivity contribution is 0.396. The van der Waals surface area contributed by atoms with Crippen LogP contribution in [-0.2, 0) is 0 Å². The normalized spacial score (nSPS) is 13.8. The molecule has 0 rings (SSSR count). The highest BCUT2D eigenvalue weighted by atomic mass is 14.2. The highest BCUT2D eigenvalue weighted by Gasteiger charge is 2.13. The summed E-state index contributed by atoms with van der Waals surface area (Å²) >= 11 is 0. The number of hydrogen-bond donors (Lipinski definition) is 0. The van der Waals surface area contributed by atoms with E-state index in [0.29, 0.717) is 11.8 Å². The quantitative estimate of drug-likeness (QED) is 0.269. The average molecular weight is 270 g/mol. The molecule has 0 saturated heterocycles. The third kappa shape index (κ3) is 9.52. The minimum atomic E-state index is 0.380. The summed E-state index contributed by atoms with van der Waals surface area (Å²) in [5.41, 5.74) is 1.47. The largest absolute Gasteiger partial charge is 0.120 e.